The van der Waals surface area contributed by atoms with E-state index >= 15 is 0 Å². The lowest BCUT2D eigenvalue weighted by atomic mass is 10.0. The molecule has 0 unspecified atom stereocenters. The number of H-pyrrole nitrogens is 1. The van der Waals surface area contributed by atoms with Crippen molar-refractivity contribution < 1.29 is 4.79 Å². The van der Waals surface area contributed by atoms with Crippen LogP contribution in [-0.4, -0.2) is 15.9 Å². The molecule has 0 radical (unpaired) electrons. The Balaban J connectivity index is 2.03. The van der Waals surface area contributed by atoms with Gasteiger partial charge in [-0.3, -0.25) is 4.79 Å². The highest BCUT2D eigenvalue weighted by Crippen LogP contribution is 2.30. The maximum Gasteiger partial charge on any atom is 0.221 e. The molecule has 112 valence electrons. The summed E-state index contributed by atoms with van der Waals surface area (Å²) in [5.41, 5.74) is 5.05. The van der Waals surface area contributed by atoms with Gasteiger partial charge in [0.25, 0.3) is 0 Å². The van der Waals surface area contributed by atoms with E-state index in [1.54, 1.807) is 0 Å². The van der Waals surface area contributed by atoms with Gasteiger partial charge >= 0.3 is 0 Å². The van der Waals surface area contributed by atoms with E-state index in [1.807, 2.05) is 30.6 Å². The number of benzene rings is 1. The number of fused-ring (bicyclic) bond motifs is 1. The SMILES string of the molecule is CCc1c[nH]c2ncc(-c3ccc(NC(C)=O)c(Br)c3)cc12. The normalized spacial score (nSPS) is 10.9. The zero-order valence-electron chi connectivity index (χ0n) is 12.4. The molecule has 3 aromatic rings. The fourth-order valence-electron chi connectivity index (χ4n) is 2.49. The van der Waals surface area contributed by atoms with E-state index in [2.05, 4.69) is 44.2 Å². The van der Waals surface area contributed by atoms with Gasteiger partial charge in [-0.05, 0) is 51.7 Å². The van der Waals surface area contributed by atoms with Crippen LogP contribution in [0.5, 0.6) is 0 Å². The van der Waals surface area contributed by atoms with E-state index in [9.17, 15) is 4.79 Å². The smallest absolute Gasteiger partial charge is 0.221 e. The fourth-order valence-corrected chi connectivity index (χ4v) is 2.97. The molecule has 0 atom stereocenters. The average Bonchev–Trinajstić information content (AvgIpc) is 2.91. The molecule has 1 aromatic carbocycles. The van der Waals surface area contributed by atoms with Crippen LogP contribution in [0.2, 0.25) is 0 Å². The summed E-state index contributed by atoms with van der Waals surface area (Å²) in [5.74, 6) is -0.0866. The molecule has 5 heteroatoms. The third-order valence-corrected chi connectivity index (χ3v) is 4.27. The van der Waals surface area contributed by atoms with Gasteiger partial charge in [-0.2, -0.15) is 0 Å². The van der Waals surface area contributed by atoms with E-state index in [4.69, 9.17) is 0 Å². The lowest BCUT2D eigenvalue weighted by Gasteiger charge is -2.08. The summed E-state index contributed by atoms with van der Waals surface area (Å²) in [4.78, 5) is 18.8. The van der Waals surface area contributed by atoms with Crippen LogP contribution in [0.25, 0.3) is 22.2 Å². The van der Waals surface area contributed by atoms with Gasteiger partial charge in [0.2, 0.25) is 5.91 Å². The average molecular weight is 358 g/mol. The molecule has 2 heterocycles. The Morgan fingerprint density at radius 1 is 1.32 bits per heavy atom. The van der Waals surface area contributed by atoms with Crippen LogP contribution >= 0.6 is 15.9 Å². The molecule has 1 amide bonds. The monoisotopic (exact) mass is 357 g/mol. The van der Waals surface area contributed by atoms with E-state index in [1.165, 1.54) is 12.5 Å². The molecule has 2 aromatic heterocycles. The summed E-state index contributed by atoms with van der Waals surface area (Å²) in [6.07, 6.45) is 4.84. The summed E-state index contributed by atoms with van der Waals surface area (Å²) in [7, 11) is 0. The number of carbonyl (C=O) groups is 1. The zero-order chi connectivity index (χ0) is 15.7. The Bertz CT molecular complexity index is 854. The number of aromatic nitrogens is 2. The molecule has 0 bridgehead atoms. The second-order valence-electron chi connectivity index (χ2n) is 5.16. The standard InChI is InChI=1S/C17H16BrN3O/c1-3-11-8-19-17-14(11)6-13(9-20-17)12-4-5-16(15(18)7-12)21-10(2)22/h4-9H,3H2,1-2H3,(H,19,20)(H,21,22). The minimum absolute atomic E-state index is 0.0866. The number of nitrogens with one attached hydrogen (secondary N) is 2. The topological polar surface area (TPSA) is 57.8 Å². The number of halogens is 1. The fraction of sp³-hybridized carbons (Fsp3) is 0.176. The molecule has 22 heavy (non-hydrogen) atoms. The number of amides is 1. The van der Waals surface area contributed by atoms with Crippen LogP contribution in [-0.2, 0) is 11.2 Å². The number of nitrogens with zero attached hydrogens (tertiary/aromatic N) is 1. The molecule has 0 spiro atoms. The van der Waals surface area contributed by atoms with Crippen LogP contribution in [0.3, 0.4) is 0 Å². The van der Waals surface area contributed by atoms with Crippen molar-refractivity contribution in [3.8, 4) is 11.1 Å². The molecule has 3 rings (SSSR count). The Labute approximate surface area is 137 Å². The number of hydrogen-bond acceptors (Lipinski definition) is 2. The molecule has 4 nitrogen and oxygen atoms in total. The van der Waals surface area contributed by atoms with Crippen molar-refractivity contribution in [1.29, 1.82) is 0 Å². The minimum atomic E-state index is -0.0866. The lowest BCUT2D eigenvalue weighted by Crippen LogP contribution is -2.06. The highest BCUT2D eigenvalue weighted by atomic mass is 79.9. The number of aryl methyl sites for hydroxylation is 1. The number of aromatic amines is 1. The second kappa shape index (κ2) is 5.93. The third kappa shape index (κ3) is 2.76. The first-order chi connectivity index (χ1) is 10.6. The minimum Gasteiger partial charge on any atom is -0.346 e. The van der Waals surface area contributed by atoms with Crippen LogP contribution in [0.4, 0.5) is 5.69 Å². The summed E-state index contributed by atoms with van der Waals surface area (Å²) in [6.45, 7) is 3.63. The lowest BCUT2D eigenvalue weighted by molar-refractivity contribution is -0.114. The molecule has 0 saturated heterocycles. The Morgan fingerprint density at radius 2 is 2.14 bits per heavy atom. The predicted molar refractivity (Wildman–Crippen MR) is 92.9 cm³/mol. The molecular weight excluding hydrogens is 342 g/mol. The van der Waals surface area contributed by atoms with Crippen molar-refractivity contribution in [3.05, 3.63) is 46.7 Å². The van der Waals surface area contributed by atoms with Crippen molar-refractivity contribution in [2.75, 3.05) is 5.32 Å². The quantitative estimate of drug-likeness (QED) is 0.724. The van der Waals surface area contributed by atoms with Gasteiger partial charge in [0.05, 0.1) is 5.69 Å². The first-order valence-corrected chi connectivity index (χ1v) is 7.91. The molecule has 0 fully saturated rings. The maximum absolute atomic E-state index is 11.2. The summed E-state index contributed by atoms with van der Waals surface area (Å²) in [6, 6.07) is 8.02. The number of rotatable bonds is 3. The van der Waals surface area contributed by atoms with Crippen molar-refractivity contribution in [1.82, 2.24) is 9.97 Å². The number of anilines is 1. The predicted octanol–water partition coefficient (Wildman–Crippen LogP) is 4.51. The highest BCUT2D eigenvalue weighted by molar-refractivity contribution is 9.10. The number of hydrogen-bond donors (Lipinski definition) is 2. The van der Waals surface area contributed by atoms with Crippen LogP contribution in [0.15, 0.2) is 41.1 Å². The van der Waals surface area contributed by atoms with Crippen molar-refractivity contribution in [2.45, 2.75) is 20.3 Å². The summed E-state index contributed by atoms with van der Waals surface area (Å²) >= 11 is 3.50. The summed E-state index contributed by atoms with van der Waals surface area (Å²) < 4.78 is 0.852. The molecule has 0 aliphatic heterocycles. The van der Waals surface area contributed by atoms with Gasteiger partial charge in [-0.1, -0.05) is 13.0 Å². The Hall–Kier alpha value is -2.14. The third-order valence-electron chi connectivity index (χ3n) is 3.61. The number of carbonyl (C=O) groups excluding carboxylic acids is 1. The summed E-state index contributed by atoms with van der Waals surface area (Å²) in [5, 5.41) is 3.94. The highest BCUT2D eigenvalue weighted by Gasteiger charge is 2.08. The molecule has 0 aliphatic rings. The van der Waals surface area contributed by atoms with Crippen molar-refractivity contribution >= 4 is 38.6 Å². The molecule has 2 N–H and O–H groups in total. The number of pyridine rings is 1. The van der Waals surface area contributed by atoms with Gasteiger partial charge in [0.15, 0.2) is 0 Å². The van der Waals surface area contributed by atoms with E-state index in [-0.39, 0.29) is 5.91 Å². The van der Waals surface area contributed by atoms with Gasteiger partial charge in [-0.15, -0.1) is 0 Å². The Kier molecular flexibility index (Phi) is 3.98. The van der Waals surface area contributed by atoms with E-state index in [0.717, 1.165) is 38.7 Å². The van der Waals surface area contributed by atoms with Crippen LogP contribution in [0.1, 0.15) is 19.4 Å². The first kappa shape index (κ1) is 14.8. The van der Waals surface area contributed by atoms with Gasteiger partial charge in [0.1, 0.15) is 5.65 Å². The van der Waals surface area contributed by atoms with Crippen molar-refractivity contribution in [2.24, 2.45) is 0 Å². The maximum atomic E-state index is 11.2. The van der Waals surface area contributed by atoms with E-state index < -0.39 is 0 Å². The largest absolute Gasteiger partial charge is 0.346 e. The first-order valence-electron chi connectivity index (χ1n) is 7.12. The molecular formula is C17H16BrN3O. The van der Waals surface area contributed by atoms with Gasteiger partial charge < -0.3 is 10.3 Å². The van der Waals surface area contributed by atoms with Gasteiger partial charge in [0, 0.05) is 34.7 Å². The Morgan fingerprint density at radius 3 is 2.82 bits per heavy atom. The second-order valence-corrected chi connectivity index (χ2v) is 6.02. The van der Waals surface area contributed by atoms with Crippen LogP contribution < -0.4 is 5.32 Å². The van der Waals surface area contributed by atoms with Crippen LogP contribution in [0, 0.1) is 0 Å². The van der Waals surface area contributed by atoms with E-state index in [0.29, 0.717) is 0 Å². The molecule has 0 aliphatic carbocycles. The van der Waals surface area contributed by atoms with Gasteiger partial charge in [-0.25, -0.2) is 4.98 Å². The van der Waals surface area contributed by atoms with Crippen molar-refractivity contribution in [3.63, 3.8) is 0 Å². The molecule has 0 saturated carbocycles. The zero-order valence-corrected chi connectivity index (χ0v) is 14.0.